The molecule has 2 aromatic carbocycles. The van der Waals surface area contributed by atoms with Crippen LogP contribution in [0, 0.1) is 0 Å². The van der Waals surface area contributed by atoms with Crippen molar-refractivity contribution in [3.63, 3.8) is 0 Å². The molecule has 5 rings (SSSR count). The molecule has 2 N–H and O–H groups in total. The van der Waals surface area contributed by atoms with Gasteiger partial charge in [0.15, 0.2) is 12.1 Å². The Morgan fingerprint density at radius 3 is 2.85 bits per heavy atom. The van der Waals surface area contributed by atoms with Gasteiger partial charge in [-0.3, -0.25) is 4.79 Å². The highest BCUT2D eigenvalue weighted by molar-refractivity contribution is 8.00. The number of carbonyl (C=O) groups is 1. The normalized spacial score (nSPS) is 23.3. The fourth-order valence-electron chi connectivity index (χ4n) is 3.61. The Labute approximate surface area is 162 Å². The van der Waals surface area contributed by atoms with E-state index < -0.39 is 0 Å². The van der Waals surface area contributed by atoms with Crippen LogP contribution in [0.1, 0.15) is 23.3 Å². The third kappa shape index (κ3) is 2.96. The second-order valence-electron chi connectivity index (χ2n) is 6.82. The average Bonchev–Trinajstić information content (AvgIpc) is 3.06. The Balaban J connectivity index is 1.59. The first-order valence-electron chi connectivity index (χ1n) is 8.89. The van der Waals surface area contributed by atoms with Gasteiger partial charge in [-0.25, -0.2) is 0 Å². The van der Waals surface area contributed by atoms with Crippen molar-refractivity contribution in [2.45, 2.75) is 17.7 Å². The number of fused-ring (bicyclic) bond motifs is 2. The second-order valence-corrected chi connectivity index (χ2v) is 8.01. The number of hydrogen-bond acceptors (Lipinski definition) is 5. The first-order chi connectivity index (χ1) is 13.2. The molecule has 3 aliphatic rings. The van der Waals surface area contributed by atoms with Crippen molar-refractivity contribution < 1.29 is 9.53 Å². The van der Waals surface area contributed by atoms with Gasteiger partial charge in [0, 0.05) is 18.1 Å². The maximum absolute atomic E-state index is 11.7. The number of ether oxygens (including phenoxy) is 1. The van der Waals surface area contributed by atoms with Crippen LogP contribution in [0.25, 0.3) is 5.57 Å². The molecule has 0 radical (unpaired) electrons. The predicted octanol–water partition coefficient (Wildman–Crippen LogP) is 3.90. The number of benzene rings is 2. The Bertz CT molecular complexity index is 971. The molecule has 0 bridgehead atoms. The van der Waals surface area contributed by atoms with E-state index >= 15 is 0 Å². The van der Waals surface area contributed by atoms with Crippen molar-refractivity contribution in [3.8, 4) is 5.75 Å². The lowest BCUT2D eigenvalue weighted by atomic mass is 9.97. The molecule has 2 unspecified atom stereocenters. The van der Waals surface area contributed by atoms with Gasteiger partial charge in [-0.05, 0) is 35.8 Å². The zero-order chi connectivity index (χ0) is 18.4. The second kappa shape index (κ2) is 6.39. The minimum atomic E-state index is -0.117. The first kappa shape index (κ1) is 16.3. The summed E-state index contributed by atoms with van der Waals surface area (Å²) in [6, 6.07) is 16.5. The van der Waals surface area contributed by atoms with E-state index in [0.29, 0.717) is 0 Å². The number of amides is 1. The first-order valence-corrected chi connectivity index (χ1v) is 9.83. The van der Waals surface area contributed by atoms with Crippen LogP contribution in [0.2, 0.25) is 0 Å². The number of anilines is 1. The van der Waals surface area contributed by atoms with Crippen molar-refractivity contribution in [1.29, 1.82) is 0 Å². The third-order valence-electron chi connectivity index (χ3n) is 4.85. The highest BCUT2D eigenvalue weighted by Gasteiger charge is 2.33. The number of carbonyl (C=O) groups excluding carboxylic acids is 1. The molecular weight excluding hydrogens is 358 g/mol. The van der Waals surface area contributed by atoms with E-state index in [1.54, 1.807) is 0 Å². The highest BCUT2D eigenvalue weighted by Crippen LogP contribution is 2.49. The molecule has 27 heavy (non-hydrogen) atoms. The Morgan fingerprint density at radius 1 is 1.15 bits per heavy atom. The lowest BCUT2D eigenvalue weighted by Crippen LogP contribution is -2.33. The number of hydrogen-bond donors (Lipinski definition) is 2. The molecule has 2 atom stereocenters. The Morgan fingerprint density at radius 2 is 2.00 bits per heavy atom. The van der Waals surface area contributed by atoms with E-state index in [1.807, 2.05) is 30.0 Å². The molecule has 0 saturated carbocycles. The van der Waals surface area contributed by atoms with Crippen LogP contribution in [0.5, 0.6) is 5.75 Å². The van der Waals surface area contributed by atoms with Crippen LogP contribution < -0.4 is 15.4 Å². The molecule has 0 fully saturated rings. The van der Waals surface area contributed by atoms with E-state index in [2.05, 4.69) is 65.2 Å². The largest absolute Gasteiger partial charge is 0.482 e. The molecular formula is C21H19N3O2S. The van der Waals surface area contributed by atoms with Crippen molar-refractivity contribution in [1.82, 2.24) is 10.2 Å². The SMILES string of the molecule is CC1=CN2C=C(c3ccc4c(c3)NC(=O)CO4)C(c3ccccc3)SC2N1. The Hall–Kier alpha value is -2.86. The molecule has 3 heterocycles. The minimum absolute atomic E-state index is 0.0722. The molecule has 0 aromatic heterocycles. The fourth-order valence-corrected chi connectivity index (χ4v) is 5.04. The molecule has 5 nitrogen and oxygen atoms in total. The zero-order valence-electron chi connectivity index (χ0n) is 14.8. The molecule has 0 aliphatic carbocycles. The van der Waals surface area contributed by atoms with E-state index in [9.17, 15) is 4.79 Å². The van der Waals surface area contributed by atoms with Gasteiger partial charge < -0.3 is 20.3 Å². The van der Waals surface area contributed by atoms with Crippen LogP contribution in [-0.2, 0) is 4.79 Å². The van der Waals surface area contributed by atoms with E-state index in [0.717, 1.165) is 22.7 Å². The van der Waals surface area contributed by atoms with Gasteiger partial charge >= 0.3 is 0 Å². The number of rotatable bonds is 2. The van der Waals surface area contributed by atoms with Crippen LogP contribution in [0.4, 0.5) is 5.69 Å². The molecule has 0 spiro atoms. The summed E-state index contributed by atoms with van der Waals surface area (Å²) in [4.78, 5) is 13.9. The van der Waals surface area contributed by atoms with E-state index in [1.165, 1.54) is 11.1 Å². The molecule has 0 saturated heterocycles. The summed E-state index contributed by atoms with van der Waals surface area (Å²) in [7, 11) is 0. The number of nitrogens with one attached hydrogen (secondary N) is 2. The standard InChI is InChI=1S/C21H19N3O2S/c1-13-10-24-11-16(15-7-8-18-17(9-15)23-19(25)12-26-18)20(27-21(24)22-13)14-5-3-2-4-6-14/h2-11,20-22H,12H2,1H3,(H,23,25). The predicted molar refractivity (Wildman–Crippen MR) is 108 cm³/mol. The maximum Gasteiger partial charge on any atom is 0.262 e. The summed E-state index contributed by atoms with van der Waals surface area (Å²) >= 11 is 1.88. The summed E-state index contributed by atoms with van der Waals surface area (Å²) in [5.41, 5.74) is 5.63. The van der Waals surface area contributed by atoms with Crippen molar-refractivity contribution in [3.05, 3.63) is 77.8 Å². The third-order valence-corrected chi connectivity index (χ3v) is 6.27. The molecule has 1 amide bonds. The van der Waals surface area contributed by atoms with Gasteiger partial charge in [0.2, 0.25) is 0 Å². The maximum atomic E-state index is 11.7. The Kier molecular flexibility index (Phi) is 3.86. The van der Waals surface area contributed by atoms with Gasteiger partial charge in [0.25, 0.3) is 5.91 Å². The van der Waals surface area contributed by atoms with Crippen molar-refractivity contribution in [2.75, 3.05) is 11.9 Å². The average molecular weight is 377 g/mol. The van der Waals surface area contributed by atoms with E-state index in [-0.39, 0.29) is 23.3 Å². The van der Waals surface area contributed by atoms with Gasteiger partial charge in [-0.1, -0.05) is 36.4 Å². The van der Waals surface area contributed by atoms with Gasteiger partial charge in [-0.15, -0.1) is 11.8 Å². The monoisotopic (exact) mass is 377 g/mol. The number of allylic oxidation sites excluding steroid dienone is 1. The van der Waals surface area contributed by atoms with Crippen molar-refractivity contribution in [2.24, 2.45) is 0 Å². The van der Waals surface area contributed by atoms with Gasteiger partial charge in [0.1, 0.15) is 5.75 Å². The summed E-state index contributed by atoms with van der Waals surface area (Å²) in [6.07, 6.45) is 4.33. The summed E-state index contributed by atoms with van der Waals surface area (Å²) < 4.78 is 5.51. The minimum Gasteiger partial charge on any atom is -0.482 e. The van der Waals surface area contributed by atoms with E-state index in [4.69, 9.17) is 4.74 Å². The van der Waals surface area contributed by atoms with Gasteiger partial charge in [0.05, 0.1) is 10.9 Å². The fraction of sp³-hybridized carbons (Fsp3) is 0.190. The van der Waals surface area contributed by atoms with Crippen LogP contribution in [-0.4, -0.2) is 22.9 Å². The van der Waals surface area contributed by atoms with Crippen LogP contribution in [0.3, 0.4) is 0 Å². The molecule has 136 valence electrons. The highest BCUT2D eigenvalue weighted by atomic mass is 32.2. The van der Waals surface area contributed by atoms with Crippen molar-refractivity contribution >= 4 is 28.9 Å². The topological polar surface area (TPSA) is 53.6 Å². The molecule has 3 aliphatic heterocycles. The summed E-state index contributed by atoms with van der Waals surface area (Å²) in [5, 5.41) is 6.62. The van der Waals surface area contributed by atoms with Crippen LogP contribution >= 0.6 is 11.8 Å². The summed E-state index contributed by atoms with van der Waals surface area (Å²) in [6.45, 7) is 2.15. The number of nitrogens with zero attached hydrogens (tertiary/aromatic N) is 1. The smallest absolute Gasteiger partial charge is 0.262 e. The lowest BCUT2D eigenvalue weighted by Gasteiger charge is -2.34. The molecule has 6 heteroatoms. The van der Waals surface area contributed by atoms with Gasteiger partial charge in [-0.2, -0.15) is 0 Å². The van der Waals surface area contributed by atoms with Crippen LogP contribution in [0.15, 0.2) is 66.6 Å². The lowest BCUT2D eigenvalue weighted by molar-refractivity contribution is -0.118. The summed E-state index contributed by atoms with van der Waals surface area (Å²) in [5.74, 6) is 0.601. The molecule has 2 aromatic rings. The zero-order valence-corrected chi connectivity index (χ0v) is 15.6. The number of thioether (sulfide) groups is 1. The quantitative estimate of drug-likeness (QED) is 0.831.